The highest BCUT2D eigenvalue weighted by Gasteiger charge is 2.30. The lowest BCUT2D eigenvalue weighted by atomic mass is 10.1. The van der Waals surface area contributed by atoms with E-state index in [4.69, 9.17) is 11.6 Å². The number of aliphatic hydroxyl groups is 1. The van der Waals surface area contributed by atoms with E-state index in [2.05, 4.69) is 10.6 Å². The molecule has 2 amide bonds. The second-order valence-electron chi connectivity index (χ2n) is 5.62. The largest absolute Gasteiger partial charge is 0.416 e. The minimum atomic E-state index is -4.47. The van der Waals surface area contributed by atoms with Crippen molar-refractivity contribution in [2.75, 3.05) is 6.54 Å². The van der Waals surface area contributed by atoms with Gasteiger partial charge in [0.05, 0.1) is 11.7 Å². The zero-order chi connectivity index (χ0) is 20.0. The van der Waals surface area contributed by atoms with Crippen LogP contribution in [0.25, 0.3) is 0 Å². The molecule has 1 unspecified atom stereocenters. The van der Waals surface area contributed by atoms with E-state index in [-0.39, 0.29) is 18.7 Å². The van der Waals surface area contributed by atoms with E-state index in [0.29, 0.717) is 10.6 Å². The van der Waals surface area contributed by atoms with Crippen LogP contribution >= 0.6 is 11.6 Å². The summed E-state index contributed by atoms with van der Waals surface area (Å²) in [4.78, 5) is 23.5. The van der Waals surface area contributed by atoms with E-state index < -0.39 is 29.7 Å². The van der Waals surface area contributed by atoms with Crippen molar-refractivity contribution in [2.45, 2.75) is 18.8 Å². The van der Waals surface area contributed by atoms with Gasteiger partial charge in [0.1, 0.15) is 0 Å². The summed E-state index contributed by atoms with van der Waals surface area (Å²) in [6, 6.07) is 10.7. The maximum Gasteiger partial charge on any atom is 0.416 e. The first kappa shape index (κ1) is 20.7. The molecule has 0 saturated carbocycles. The fourth-order valence-corrected chi connectivity index (χ4v) is 2.38. The van der Waals surface area contributed by atoms with Gasteiger partial charge in [-0.15, -0.1) is 0 Å². The van der Waals surface area contributed by atoms with E-state index >= 15 is 0 Å². The number of carbonyl (C=O) groups is 2. The number of nitrogens with one attached hydrogen (secondary N) is 2. The van der Waals surface area contributed by atoms with Crippen molar-refractivity contribution in [3.05, 3.63) is 70.2 Å². The number of hydrogen-bond acceptors (Lipinski definition) is 3. The molecule has 5 nitrogen and oxygen atoms in total. The third-order valence-corrected chi connectivity index (χ3v) is 4.05. The molecule has 0 aliphatic heterocycles. The van der Waals surface area contributed by atoms with E-state index in [1.54, 1.807) is 24.3 Å². The first-order valence-corrected chi connectivity index (χ1v) is 8.21. The van der Waals surface area contributed by atoms with Crippen LogP contribution in [0.1, 0.15) is 22.8 Å². The summed E-state index contributed by atoms with van der Waals surface area (Å²) in [5, 5.41) is 15.0. The van der Waals surface area contributed by atoms with Crippen LogP contribution < -0.4 is 10.6 Å². The number of amides is 2. The van der Waals surface area contributed by atoms with E-state index in [9.17, 15) is 27.9 Å². The highest BCUT2D eigenvalue weighted by molar-refractivity contribution is 6.35. The standard InChI is InChI=1S/C18H16ClF3N2O3/c19-14-4-2-1-3-12(14)9-23-16(26)17(27)24-10-15(25)11-5-7-13(8-6-11)18(20,21)22/h1-8,15,25H,9-10H2,(H,23,26)(H,24,27). The van der Waals surface area contributed by atoms with Gasteiger partial charge in [-0.3, -0.25) is 9.59 Å². The van der Waals surface area contributed by atoms with Crippen molar-refractivity contribution in [2.24, 2.45) is 0 Å². The molecule has 27 heavy (non-hydrogen) atoms. The molecule has 0 bridgehead atoms. The van der Waals surface area contributed by atoms with Gasteiger partial charge in [0, 0.05) is 18.1 Å². The Hall–Kier alpha value is -2.58. The molecule has 2 aromatic rings. The van der Waals surface area contributed by atoms with Crippen LogP contribution in [-0.4, -0.2) is 23.5 Å². The normalized spacial score (nSPS) is 12.3. The third kappa shape index (κ3) is 5.97. The van der Waals surface area contributed by atoms with Crippen LogP contribution in [0, 0.1) is 0 Å². The van der Waals surface area contributed by atoms with Crippen LogP contribution in [0.5, 0.6) is 0 Å². The van der Waals surface area contributed by atoms with Gasteiger partial charge in [-0.2, -0.15) is 13.2 Å². The topological polar surface area (TPSA) is 78.4 Å². The Kier molecular flexibility index (Phi) is 6.81. The average Bonchev–Trinajstić information content (AvgIpc) is 2.64. The van der Waals surface area contributed by atoms with Crippen LogP contribution in [0.15, 0.2) is 48.5 Å². The molecule has 2 aromatic carbocycles. The van der Waals surface area contributed by atoms with Gasteiger partial charge in [0.2, 0.25) is 0 Å². The Balaban J connectivity index is 1.83. The SMILES string of the molecule is O=C(NCc1ccccc1Cl)C(=O)NCC(O)c1ccc(C(F)(F)F)cc1. The molecule has 0 aromatic heterocycles. The third-order valence-electron chi connectivity index (χ3n) is 3.68. The summed E-state index contributed by atoms with van der Waals surface area (Å²) in [5.41, 5.74) is -0.0358. The lowest BCUT2D eigenvalue weighted by Crippen LogP contribution is -2.41. The molecule has 144 valence electrons. The number of halogens is 4. The minimum Gasteiger partial charge on any atom is -0.387 e. The first-order chi connectivity index (χ1) is 12.7. The summed E-state index contributed by atoms with van der Waals surface area (Å²) in [5.74, 6) is -1.90. The maximum atomic E-state index is 12.5. The molecule has 0 spiro atoms. The summed E-state index contributed by atoms with van der Waals surface area (Å²) in [7, 11) is 0. The summed E-state index contributed by atoms with van der Waals surface area (Å²) >= 11 is 5.94. The molecule has 2 rings (SSSR count). The lowest BCUT2D eigenvalue weighted by Gasteiger charge is -2.14. The number of carbonyl (C=O) groups excluding carboxylic acids is 2. The Morgan fingerprint density at radius 3 is 2.19 bits per heavy atom. The molecule has 0 saturated heterocycles. The number of alkyl halides is 3. The summed E-state index contributed by atoms with van der Waals surface area (Å²) in [6.45, 7) is -0.281. The summed E-state index contributed by atoms with van der Waals surface area (Å²) < 4.78 is 37.5. The van der Waals surface area contributed by atoms with Crippen molar-refractivity contribution in [3.8, 4) is 0 Å². The van der Waals surface area contributed by atoms with Crippen molar-refractivity contribution in [1.29, 1.82) is 0 Å². The molecular formula is C18H16ClF3N2O3. The number of benzene rings is 2. The zero-order valence-electron chi connectivity index (χ0n) is 13.9. The Morgan fingerprint density at radius 1 is 1.00 bits per heavy atom. The van der Waals surface area contributed by atoms with Crippen LogP contribution in [0.2, 0.25) is 5.02 Å². The number of rotatable bonds is 5. The fraction of sp³-hybridized carbons (Fsp3) is 0.222. The molecule has 0 aliphatic carbocycles. The van der Waals surface area contributed by atoms with Crippen LogP contribution in [0.4, 0.5) is 13.2 Å². The van der Waals surface area contributed by atoms with Gasteiger partial charge < -0.3 is 15.7 Å². The van der Waals surface area contributed by atoms with E-state index in [1.165, 1.54) is 0 Å². The minimum absolute atomic E-state index is 0.0490. The highest BCUT2D eigenvalue weighted by Crippen LogP contribution is 2.29. The summed E-state index contributed by atoms with van der Waals surface area (Å²) in [6.07, 6.45) is -5.73. The second-order valence-corrected chi connectivity index (χ2v) is 6.03. The first-order valence-electron chi connectivity index (χ1n) is 7.83. The Bertz CT molecular complexity index is 810. The molecule has 1 atom stereocenters. The van der Waals surface area contributed by atoms with Gasteiger partial charge in [0.15, 0.2) is 0 Å². The van der Waals surface area contributed by atoms with Gasteiger partial charge in [0.25, 0.3) is 0 Å². The van der Waals surface area contributed by atoms with Gasteiger partial charge in [-0.25, -0.2) is 0 Å². The van der Waals surface area contributed by atoms with E-state index in [1.807, 2.05) is 0 Å². The van der Waals surface area contributed by atoms with Crippen molar-refractivity contribution >= 4 is 23.4 Å². The molecule has 0 radical (unpaired) electrons. The van der Waals surface area contributed by atoms with Gasteiger partial charge in [-0.1, -0.05) is 41.9 Å². The lowest BCUT2D eigenvalue weighted by molar-refractivity contribution is -0.139. The van der Waals surface area contributed by atoms with Gasteiger partial charge in [-0.05, 0) is 29.3 Å². The maximum absolute atomic E-state index is 12.5. The molecule has 0 fully saturated rings. The highest BCUT2D eigenvalue weighted by atomic mass is 35.5. The van der Waals surface area contributed by atoms with Crippen molar-refractivity contribution in [1.82, 2.24) is 10.6 Å². The quantitative estimate of drug-likeness (QED) is 0.675. The number of aliphatic hydroxyl groups excluding tert-OH is 1. The van der Waals surface area contributed by atoms with Crippen LogP contribution in [-0.2, 0) is 22.3 Å². The Labute approximate surface area is 158 Å². The second kappa shape index (κ2) is 8.88. The van der Waals surface area contributed by atoms with Crippen LogP contribution in [0.3, 0.4) is 0 Å². The molecule has 3 N–H and O–H groups in total. The number of hydrogen-bond donors (Lipinski definition) is 3. The zero-order valence-corrected chi connectivity index (χ0v) is 14.6. The molecule has 9 heteroatoms. The van der Waals surface area contributed by atoms with E-state index in [0.717, 1.165) is 24.3 Å². The monoisotopic (exact) mass is 400 g/mol. The molecule has 0 aliphatic rings. The predicted octanol–water partition coefficient (Wildman–Crippen LogP) is 2.82. The van der Waals surface area contributed by atoms with Crippen molar-refractivity contribution in [3.63, 3.8) is 0 Å². The molecule has 0 heterocycles. The smallest absolute Gasteiger partial charge is 0.387 e. The fourth-order valence-electron chi connectivity index (χ4n) is 2.18. The van der Waals surface area contributed by atoms with Crippen molar-refractivity contribution < 1.29 is 27.9 Å². The van der Waals surface area contributed by atoms with Gasteiger partial charge >= 0.3 is 18.0 Å². The Morgan fingerprint density at radius 2 is 1.59 bits per heavy atom. The predicted molar refractivity (Wildman–Crippen MR) is 92.7 cm³/mol. The average molecular weight is 401 g/mol. The molecular weight excluding hydrogens is 385 g/mol.